The van der Waals surface area contributed by atoms with Crippen molar-refractivity contribution in [1.29, 1.82) is 0 Å². The first-order chi connectivity index (χ1) is 11.3. The molecular weight excluding hydrogens is 375 g/mol. The molecule has 0 saturated heterocycles. The topological polar surface area (TPSA) is 83.8 Å². The predicted molar refractivity (Wildman–Crippen MR) is 75.2 cm³/mol. The Hall–Kier alpha value is -1.30. The molecule has 1 saturated carbocycles. The lowest BCUT2D eigenvalue weighted by molar-refractivity contribution is -0.396. The normalized spacial score (nSPS) is 18.2. The maximum atomic E-state index is 13.9. The molecule has 0 amide bonds. The van der Waals surface area contributed by atoms with Crippen molar-refractivity contribution >= 4 is 9.84 Å². The van der Waals surface area contributed by atoms with Crippen LogP contribution in [0, 0.1) is 0 Å². The molecule has 1 aliphatic carbocycles. The smallest absolute Gasteiger partial charge is 0.375 e. The average molecular weight is 390 g/mol. The van der Waals surface area contributed by atoms with Gasteiger partial charge in [-0.25, -0.2) is 8.42 Å². The lowest BCUT2D eigenvalue weighted by Gasteiger charge is -2.34. The molecule has 25 heavy (non-hydrogen) atoms. The monoisotopic (exact) mass is 390 g/mol. The zero-order chi connectivity index (χ0) is 19.1. The van der Waals surface area contributed by atoms with E-state index >= 15 is 0 Å². The number of hydrogen-bond donors (Lipinski definition) is 2. The van der Waals surface area contributed by atoms with Crippen molar-refractivity contribution in [3.05, 3.63) is 35.9 Å². The van der Waals surface area contributed by atoms with Gasteiger partial charge in [-0.3, -0.25) is 0 Å². The van der Waals surface area contributed by atoms with Gasteiger partial charge in [0.05, 0.1) is 13.2 Å². The van der Waals surface area contributed by atoms with E-state index in [2.05, 4.69) is 0 Å². The van der Waals surface area contributed by atoms with Crippen LogP contribution in [-0.4, -0.2) is 47.2 Å². The van der Waals surface area contributed by atoms with Gasteiger partial charge in [-0.05, 0) is 18.4 Å². The van der Waals surface area contributed by atoms with Crippen molar-refractivity contribution in [3.63, 3.8) is 0 Å². The molecular formula is C14H15F5O5S. The fraction of sp³-hybridized carbons (Fsp3) is 0.571. The van der Waals surface area contributed by atoms with E-state index in [-0.39, 0.29) is 19.4 Å². The fourth-order valence-corrected chi connectivity index (χ4v) is 4.10. The highest BCUT2D eigenvalue weighted by Gasteiger charge is 2.79. The number of hydrogen-bond acceptors (Lipinski definition) is 5. The molecule has 0 spiro atoms. The Morgan fingerprint density at radius 2 is 1.56 bits per heavy atom. The van der Waals surface area contributed by atoms with Crippen LogP contribution in [0.25, 0.3) is 0 Å². The Kier molecular flexibility index (Phi) is 4.92. The number of alkyl halides is 5. The summed E-state index contributed by atoms with van der Waals surface area (Å²) in [6, 6.07) is 8.27. The van der Waals surface area contributed by atoms with Crippen LogP contribution in [0.1, 0.15) is 18.4 Å². The van der Waals surface area contributed by atoms with E-state index in [0.29, 0.717) is 5.56 Å². The second-order valence-corrected chi connectivity index (χ2v) is 8.24. The summed E-state index contributed by atoms with van der Waals surface area (Å²) in [6.07, 6.45) is -6.99. The molecule has 0 aromatic heterocycles. The summed E-state index contributed by atoms with van der Waals surface area (Å²) < 4.78 is 92.0. The second kappa shape index (κ2) is 6.15. The van der Waals surface area contributed by atoms with Crippen LogP contribution in [-0.2, 0) is 21.2 Å². The van der Waals surface area contributed by atoms with E-state index in [1.807, 2.05) is 0 Å². The van der Waals surface area contributed by atoms with Gasteiger partial charge >= 0.3 is 17.2 Å². The molecule has 0 radical (unpaired) electrons. The standard InChI is InChI=1S/C14H15F5O5S/c15-13(16,17)12(20,21)14(18,19)25(22,23)11(6-7-11)9-24-8-10-4-2-1-3-5-10/h1-5,20-21H,6-9H2. The molecule has 0 aliphatic heterocycles. The van der Waals surface area contributed by atoms with Gasteiger partial charge in [-0.15, -0.1) is 0 Å². The van der Waals surface area contributed by atoms with E-state index in [1.54, 1.807) is 30.3 Å². The highest BCUT2D eigenvalue weighted by molar-refractivity contribution is 7.94. The minimum Gasteiger partial charge on any atom is -0.375 e. The van der Waals surface area contributed by atoms with Crippen molar-refractivity contribution in [2.45, 2.75) is 41.4 Å². The second-order valence-electron chi connectivity index (χ2n) is 5.85. The molecule has 1 aromatic rings. The van der Waals surface area contributed by atoms with Crippen LogP contribution in [0.4, 0.5) is 22.0 Å². The molecule has 1 fully saturated rings. The maximum Gasteiger partial charge on any atom is 0.450 e. The zero-order valence-corrected chi connectivity index (χ0v) is 13.4. The third-order valence-electron chi connectivity index (χ3n) is 3.99. The predicted octanol–water partition coefficient (Wildman–Crippen LogP) is 1.99. The summed E-state index contributed by atoms with van der Waals surface area (Å²) in [5, 5.41) is 11.7. The van der Waals surface area contributed by atoms with Crippen LogP contribution in [0.15, 0.2) is 30.3 Å². The van der Waals surface area contributed by atoms with Gasteiger partial charge in [0.2, 0.25) is 9.84 Å². The number of halogens is 5. The van der Waals surface area contributed by atoms with Gasteiger partial charge in [0.25, 0.3) is 0 Å². The number of aliphatic hydroxyl groups is 2. The third kappa shape index (κ3) is 3.25. The molecule has 1 aromatic carbocycles. The summed E-state index contributed by atoms with van der Waals surface area (Å²) in [7, 11) is -5.90. The molecule has 0 heterocycles. The molecule has 2 N–H and O–H groups in total. The Balaban J connectivity index is 2.17. The summed E-state index contributed by atoms with van der Waals surface area (Å²) in [4.78, 5) is 0. The van der Waals surface area contributed by atoms with E-state index in [9.17, 15) is 30.4 Å². The van der Waals surface area contributed by atoms with E-state index in [0.717, 1.165) is 0 Å². The first-order valence-corrected chi connectivity index (χ1v) is 8.52. The molecule has 0 atom stereocenters. The number of sulfone groups is 1. The third-order valence-corrected chi connectivity index (χ3v) is 6.62. The number of rotatable bonds is 7. The van der Waals surface area contributed by atoms with Crippen molar-refractivity contribution in [1.82, 2.24) is 0 Å². The molecule has 142 valence electrons. The SMILES string of the molecule is O=S(=O)(C1(COCc2ccccc2)CC1)C(F)(F)C(O)(O)C(F)(F)F. The lowest BCUT2D eigenvalue weighted by Crippen LogP contribution is -2.64. The largest absolute Gasteiger partial charge is 0.450 e. The summed E-state index contributed by atoms with van der Waals surface area (Å²) in [5.74, 6) is -5.70. The molecule has 0 unspecified atom stereocenters. The summed E-state index contributed by atoms with van der Waals surface area (Å²) >= 11 is 0. The van der Waals surface area contributed by atoms with Crippen molar-refractivity contribution in [3.8, 4) is 0 Å². The van der Waals surface area contributed by atoms with Gasteiger partial charge in [0, 0.05) is 0 Å². The maximum absolute atomic E-state index is 13.9. The quantitative estimate of drug-likeness (QED) is 0.550. The number of ether oxygens (including phenoxy) is 1. The molecule has 1 aliphatic rings. The Morgan fingerprint density at radius 3 is 2.00 bits per heavy atom. The summed E-state index contributed by atoms with van der Waals surface area (Å²) in [5.41, 5.74) is 0.608. The van der Waals surface area contributed by atoms with Crippen LogP contribution >= 0.6 is 0 Å². The molecule has 2 rings (SSSR count). The zero-order valence-electron chi connectivity index (χ0n) is 12.6. The van der Waals surface area contributed by atoms with Crippen molar-refractivity contribution in [2.75, 3.05) is 6.61 Å². The highest BCUT2D eigenvalue weighted by atomic mass is 32.2. The van der Waals surface area contributed by atoms with Crippen LogP contribution < -0.4 is 0 Å². The van der Waals surface area contributed by atoms with Crippen molar-refractivity contribution < 1.29 is 45.3 Å². The first kappa shape index (κ1) is 20.0. The van der Waals surface area contributed by atoms with E-state index in [1.165, 1.54) is 0 Å². The van der Waals surface area contributed by atoms with Crippen LogP contribution in [0.5, 0.6) is 0 Å². The van der Waals surface area contributed by atoms with Gasteiger partial charge < -0.3 is 14.9 Å². The van der Waals surface area contributed by atoms with Crippen molar-refractivity contribution in [2.24, 2.45) is 0 Å². The Bertz CT molecular complexity index is 711. The van der Waals surface area contributed by atoms with E-state index < -0.39 is 38.4 Å². The first-order valence-electron chi connectivity index (χ1n) is 7.04. The number of benzene rings is 1. The highest BCUT2D eigenvalue weighted by Crippen LogP contribution is 2.54. The van der Waals surface area contributed by atoms with Gasteiger partial charge in [0.1, 0.15) is 4.75 Å². The van der Waals surface area contributed by atoms with Crippen LogP contribution in [0.3, 0.4) is 0 Å². The Morgan fingerprint density at radius 1 is 1.04 bits per heavy atom. The molecule has 11 heteroatoms. The van der Waals surface area contributed by atoms with Crippen LogP contribution in [0.2, 0.25) is 0 Å². The lowest BCUT2D eigenvalue weighted by atomic mass is 10.2. The van der Waals surface area contributed by atoms with E-state index in [4.69, 9.17) is 14.9 Å². The van der Waals surface area contributed by atoms with Gasteiger partial charge in [-0.1, -0.05) is 30.3 Å². The minimum atomic E-state index is -6.26. The van der Waals surface area contributed by atoms with Gasteiger partial charge in [-0.2, -0.15) is 22.0 Å². The minimum absolute atomic E-state index is 0.133. The summed E-state index contributed by atoms with van der Waals surface area (Å²) in [6.45, 7) is -0.917. The molecule has 5 nitrogen and oxygen atoms in total. The average Bonchev–Trinajstić information content (AvgIpc) is 3.28. The Labute approximate surface area is 140 Å². The fourth-order valence-electron chi connectivity index (χ4n) is 2.18. The molecule has 0 bridgehead atoms. The van der Waals surface area contributed by atoms with Gasteiger partial charge in [0.15, 0.2) is 0 Å².